The Morgan fingerprint density at radius 1 is 0.588 bits per heavy atom. The van der Waals surface area contributed by atoms with Crippen LogP contribution in [0.3, 0.4) is 0 Å². The summed E-state index contributed by atoms with van der Waals surface area (Å²) < 4.78 is 33.9. The third kappa shape index (κ3) is 24.5. The zero-order valence-corrected chi connectivity index (χ0v) is 42.6. The van der Waals surface area contributed by atoms with Crippen molar-refractivity contribution in [3.05, 3.63) is 72.4 Å². The molecule has 21 heteroatoms. The van der Waals surface area contributed by atoms with E-state index in [-0.39, 0.29) is 50.7 Å². The van der Waals surface area contributed by atoms with Gasteiger partial charge < -0.3 is 44.4 Å². The van der Waals surface area contributed by atoms with Crippen molar-refractivity contribution < 1.29 is 52.4 Å². The molecule has 1 aromatic heterocycles. The highest BCUT2D eigenvalue weighted by atomic mass is 33.1. The Morgan fingerprint density at radius 3 is 1.59 bits per heavy atom. The number of aromatic nitrogens is 1. The van der Waals surface area contributed by atoms with Crippen LogP contribution in [0.2, 0.25) is 0 Å². The highest BCUT2D eigenvalue weighted by molar-refractivity contribution is 8.76. The SMILES string of the molecule is CC(C)(C)OC(=O)/N=C(/NCCOc1ccccc1-c1cc(CNC(=O)CCSSc2ccccn2)ccc1OCCN/C(=N/C(=O)OC(C)(C)C)NC(=O)OC(C)(C)C)NC(=O)OC(C)(C)C. The van der Waals surface area contributed by atoms with E-state index >= 15 is 0 Å². The van der Waals surface area contributed by atoms with E-state index in [1.807, 2.05) is 42.5 Å². The molecule has 0 saturated carbocycles. The summed E-state index contributed by atoms with van der Waals surface area (Å²) >= 11 is 0. The van der Waals surface area contributed by atoms with Crippen molar-refractivity contribution in [3.63, 3.8) is 0 Å². The van der Waals surface area contributed by atoms with E-state index in [4.69, 9.17) is 28.4 Å². The minimum atomic E-state index is -0.929. The lowest BCUT2D eigenvalue weighted by Crippen LogP contribution is -2.45. The predicted octanol–water partition coefficient (Wildman–Crippen LogP) is 8.76. The van der Waals surface area contributed by atoms with Gasteiger partial charge in [-0.25, -0.2) is 24.2 Å². The van der Waals surface area contributed by atoms with E-state index in [2.05, 4.69) is 41.6 Å². The number of hydrogen-bond acceptors (Lipinski definition) is 14. The Hall–Kier alpha value is -6.22. The van der Waals surface area contributed by atoms with E-state index in [1.54, 1.807) is 118 Å². The average Bonchev–Trinajstić information content (AvgIpc) is 3.19. The summed E-state index contributed by atoms with van der Waals surface area (Å²) in [5, 5.41) is 14.6. The number of hydrogen-bond donors (Lipinski definition) is 5. The summed E-state index contributed by atoms with van der Waals surface area (Å²) in [5.41, 5.74) is -1.26. The zero-order chi connectivity index (χ0) is 50.5. The largest absolute Gasteiger partial charge is 0.491 e. The first kappa shape index (κ1) is 56.1. The van der Waals surface area contributed by atoms with Gasteiger partial charge in [-0.3, -0.25) is 15.4 Å². The molecule has 0 radical (unpaired) electrons. The number of nitrogens with zero attached hydrogens (tertiary/aromatic N) is 3. The molecule has 372 valence electrons. The molecular formula is C47H66N8O11S2. The van der Waals surface area contributed by atoms with E-state index in [0.29, 0.717) is 34.8 Å². The van der Waals surface area contributed by atoms with Crippen molar-refractivity contribution in [3.8, 4) is 22.6 Å². The molecular weight excluding hydrogens is 917 g/mol. The summed E-state index contributed by atoms with van der Waals surface area (Å²) in [6, 6.07) is 18.4. The normalized spacial score (nSPS) is 12.2. The monoisotopic (exact) mass is 982 g/mol. The van der Waals surface area contributed by atoms with Gasteiger partial charge in [0.1, 0.15) is 52.1 Å². The number of aliphatic imine (C=N–C) groups is 2. The minimum absolute atomic E-state index is 0.0257. The molecule has 2 aromatic carbocycles. The Bertz CT molecular complexity index is 2220. The topological polar surface area (TPSA) is 238 Å². The fourth-order valence-corrected chi connectivity index (χ4v) is 7.07. The van der Waals surface area contributed by atoms with Crippen molar-refractivity contribution in [2.24, 2.45) is 9.98 Å². The number of benzene rings is 2. The molecule has 0 aliphatic carbocycles. The Balaban J connectivity index is 1.83. The number of carbonyl (C=O) groups excluding carboxylic acids is 5. The quantitative estimate of drug-likeness (QED) is 0.0296. The van der Waals surface area contributed by atoms with Crippen LogP contribution in [-0.4, -0.2) is 102 Å². The maximum atomic E-state index is 12.9. The minimum Gasteiger partial charge on any atom is -0.491 e. The molecule has 0 saturated heterocycles. The van der Waals surface area contributed by atoms with E-state index < -0.39 is 46.8 Å². The first-order valence-corrected chi connectivity index (χ1v) is 24.1. The van der Waals surface area contributed by atoms with E-state index in [0.717, 1.165) is 10.6 Å². The third-order valence-electron chi connectivity index (χ3n) is 7.64. The summed E-state index contributed by atoms with van der Waals surface area (Å²) in [6.07, 6.45) is -1.50. The number of guanidine groups is 2. The summed E-state index contributed by atoms with van der Waals surface area (Å²) in [6.45, 7) is 20.8. The third-order valence-corrected chi connectivity index (χ3v) is 9.91. The Morgan fingerprint density at radius 2 is 1.09 bits per heavy atom. The van der Waals surface area contributed by atoms with Gasteiger partial charge in [-0.1, -0.05) is 41.1 Å². The molecule has 68 heavy (non-hydrogen) atoms. The standard InChI is InChI=1S/C47H66N8O11S2/c1-44(2,3)63-40(57)52-38(53-41(58)64-45(4,5)6)49-24-26-61-34-18-14-13-17-32(34)33-29-31(30-51-36(56)22-28-67-68-37-19-15-16-23-48-37)20-21-35(33)62-27-25-50-39(54-42(59)65-46(7,8)9)55-43(60)66-47(10,11)12/h13-21,23,29H,22,24-28,30H2,1-12H3,(H,51,56)(H2,49,52,53,57,58)(H2,50,54,55,59,60). The molecule has 0 bridgehead atoms. The second kappa shape index (κ2) is 26.4. The molecule has 0 fully saturated rings. The number of rotatable bonds is 16. The lowest BCUT2D eigenvalue weighted by atomic mass is 10.0. The smallest absolute Gasteiger partial charge is 0.437 e. The summed E-state index contributed by atoms with van der Waals surface area (Å²) in [4.78, 5) is 75.4. The Kier molecular flexibility index (Phi) is 21.7. The van der Waals surface area contributed by atoms with E-state index in [9.17, 15) is 24.0 Å². The number of pyridine rings is 1. The van der Waals surface area contributed by atoms with Crippen LogP contribution in [0, 0.1) is 0 Å². The molecule has 3 rings (SSSR count). The Labute approximate surface area is 406 Å². The molecule has 5 N–H and O–H groups in total. The van der Waals surface area contributed by atoms with Crippen molar-refractivity contribution in [2.75, 3.05) is 32.1 Å². The van der Waals surface area contributed by atoms with Gasteiger partial charge in [0.25, 0.3) is 0 Å². The first-order chi connectivity index (χ1) is 31.7. The number of alkyl carbamates (subject to hydrolysis) is 2. The van der Waals surface area contributed by atoms with Crippen LogP contribution in [0.5, 0.6) is 11.5 Å². The fourth-order valence-electron chi connectivity index (χ4n) is 5.20. The molecule has 0 aliphatic rings. The van der Waals surface area contributed by atoms with Crippen molar-refractivity contribution in [1.29, 1.82) is 0 Å². The van der Waals surface area contributed by atoms with Crippen LogP contribution < -0.4 is 36.1 Å². The molecule has 0 spiro atoms. The summed E-state index contributed by atoms with van der Waals surface area (Å²) in [7, 11) is 3.05. The van der Waals surface area contributed by atoms with Gasteiger partial charge in [0, 0.05) is 36.0 Å². The van der Waals surface area contributed by atoms with Crippen LogP contribution in [0.15, 0.2) is 81.9 Å². The maximum Gasteiger partial charge on any atom is 0.437 e. The fraction of sp³-hybridized carbons (Fsp3) is 0.489. The molecule has 3 aromatic rings. The van der Waals surface area contributed by atoms with Gasteiger partial charge in [0.15, 0.2) is 0 Å². The molecule has 0 atom stereocenters. The van der Waals surface area contributed by atoms with Crippen molar-refractivity contribution in [2.45, 2.75) is 123 Å². The second-order valence-electron chi connectivity index (χ2n) is 18.6. The lowest BCUT2D eigenvalue weighted by Gasteiger charge is -2.21. The highest BCUT2D eigenvalue weighted by Crippen LogP contribution is 2.37. The van der Waals surface area contributed by atoms with Crippen LogP contribution in [-0.2, 0) is 30.3 Å². The van der Waals surface area contributed by atoms with Crippen molar-refractivity contribution >= 4 is 63.8 Å². The molecule has 0 aliphatic heterocycles. The van der Waals surface area contributed by atoms with Gasteiger partial charge >= 0.3 is 24.4 Å². The van der Waals surface area contributed by atoms with Crippen LogP contribution >= 0.6 is 21.6 Å². The molecule has 5 amide bonds. The highest BCUT2D eigenvalue weighted by Gasteiger charge is 2.23. The summed E-state index contributed by atoms with van der Waals surface area (Å²) in [5.74, 6) is 0.961. The second-order valence-corrected chi connectivity index (χ2v) is 21.0. The number of para-hydroxylation sites is 1. The lowest BCUT2D eigenvalue weighted by molar-refractivity contribution is -0.120. The van der Waals surface area contributed by atoms with Gasteiger partial charge in [-0.2, -0.15) is 0 Å². The maximum absolute atomic E-state index is 12.9. The number of ether oxygens (including phenoxy) is 6. The van der Waals surface area contributed by atoms with Gasteiger partial charge in [0.05, 0.1) is 13.1 Å². The van der Waals surface area contributed by atoms with Crippen LogP contribution in [0.1, 0.15) is 95.1 Å². The van der Waals surface area contributed by atoms with Gasteiger partial charge in [-0.05, 0) is 130 Å². The van der Waals surface area contributed by atoms with E-state index in [1.165, 1.54) is 10.8 Å². The first-order valence-electron chi connectivity index (χ1n) is 21.8. The number of amides is 5. The number of carbonyl (C=O) groups is 5. The molecule has 0 unspecified atom stereocenters. The predicted molar refractivity (Wildman–Crippen MR) is 264 cm³/mol. The van der Waals surface area contributed by atoms with Crippen LogP contribution in [0.4, 0.5) is 19.2 Å². The van der Waals surface area contributed by atoms with Crippen molar-refractivity contribution in [1.82, 2.24) is 31.6 Å². The van der Waals surface area contributed by atoms with Gasteiger partial charge in [0.2, 0.25) is 17.8 Å². The average molecular weight is 983 g/mol. The molecule has 19 nitrogen and oxygen atoms in total. The molecule has 1 heterocycles. The van der Waals surface area contributed by atoms with Crippen LogP contribution in [0.25, 0.3) is 11.1 Å². The zero-order valence-electron chi connectivity index (χ0n) is 40.9. The van der Waals surface area contributed by atoms with Gasteiger partial charge in [-0.15, -0.1) is 9.98 Å². The number of nitrogens with one attached hydrogen (secondary N) is 5.